The molecular weight excluding hydrogens is 264 g/mol. The lowest BCUT2D eigenvalue weighted by Crippen LogP contribution is -2.20. The summed E-state index contributed by atoms with van der Waals surface area (Å²) in [4.78, 5) is 4.10. The van der Waals surface area contributed by atoms with Gasteiger partial charge in [-0.1, -0.05) is 30.9 Å². The van der Waals surface area contributed by atoms with Gasteiger partial charge in [-0.3, -0.25) is 0 Å². The molecule has 21 heavy (non-hydrogen) atoms. The van der Waals surface area contributed by atoms with Crippen LogP contribution < -0.4 is 14.8 Å². The van der Waals surface area contributed by atoms with Crippen molar-refractivity contribution >= 4 is 0 Å². The van der Waals surface area contributed by atoms with E-state index >= 15 is 0 Å². The Morgan fingerprint density at radius 2 is 1.95 bits per heavy atom. The van der Waals surface area contributed by atoms with E-state index in [0.29, 0.717) is 19.1 Å². The third-order valence-corrected chi connectivity index (χ3v) is 2.79. The first-order valence-electron chi connectivity index (χ1n) is 6.95. The molecule has 4 nitrogen and oxygen atoms in total. The van der Waals surface area contributed by atoms with Gasteiger partial charge < -0.3 is 14.8 Å². The molecule has 0 unspecified atom stereocenters. The summed E-state index contributed by atoms with van der Waals surface area (Å²) >= 11 is 0. The minimum absolute atomic E-state index is 0.530. The molecule has 0 bridgehead atoms. The molecule has 110 valence electrons. The Kier molecular flexibility index (Phi) is 6.29. The molecule has 1 aromatic carbocycles. The fourth-order valence-corrected chi connectivity index (χ4v) is 1.75. The Morgan fingerprint density at radius 3 is 2.67 bits per heavy atom. The smallest absolute Gasteiger partial charge is 0.213 e. The van der Waals surface area contributed by atoms with E-state index in [1.807, 2.05) is 42.5 Å². The van der Waals surface area contributed by atoms with Gasteiger partial charge in [-0.05, 0) is 23.8 Å². The zero-order chi connectivity index (χ0) is 14.8. The molecule has 0 aliphatic carbocycles. The van der Waals surface area contributed by atoms with E-state index < -0.39 is 0 Å². The van der Waals surface area contributed by atoms with Gasteiger partial charge in [-0.2, -0.15) is 0 Å². The molecule has 4 heteroatoms. The normalized spacial score (nSPS) is 10.1. The second kappa shape index (κ2) is 8.76. The van der Waals surface area contributed by atoms with Gasteiger partial charge in [0.1, 0.15) is 19.0 Å². The van der Waals surface area contributed by atoms with Crippen LogP contribution in [0.25, 0.3) is 0 Å². The first-order valence-corrected chi connectivity index (χ1v) is 6.95. The lowest BCUT2D eigenvalue weighted by atomic mass is 10.2. The van der Waals surface area contributed by atoms with Gasteiger partial charge in [0.15, 0.2) is 0 Å². The predicted octanol–water partition coefficient (Wildman–Crippen LogP) is 2.82. The molecular formula is C17H20N2O2. The molecule has 0 radical (unpaired) electrons. The van der Waals surface area contributed by atoms with Crippen molar-refractivity contribution in [3.8, 4) is 11.6 Å². The summed E-state index contributed by atoms with van der Waals surface area (Å²) in [6.45, 7) is 6.31. The van der Waals surface area contributed by atoms with E-state index in [-0.39, 0.29) is 0 Å². The monoisotopic (exact) mass is 284 g/mol. The van der Waals surface area contributed by atoms with Crippen molar-refractivity contribution in [2.75, 3.05) is 19.8 Å². The fraction of sp³-hybridized carbons (Fsp3) is 0.235. The van der Waals surface area contributed by atoms with Crippen molar-refractivity contribution < 1.29 is 9.47 Å². The number of hydrogen-bond donors (Lipinski definition) is 1. The maximum absolute atomic E-state index is 5.50. The van der Waals surface area contributed by atoms with Crippen LogP contribution in [-0.4, -0.2) is 24.7 Å². The topological polar surface area (TPSA) is 43.4 Å². The Morgan fingerprint density at radius 1 is 1.10 bits per heavy atom. The van der Waals surface area contributed by atoms with Crippen molar-refractivity contribution in [2.45, 2.75) is 6.54 Å². The molecule has 0 spiro atoms. The van der Waals surface area contributed by atoms with Crippen molar-refractivity contribution in [3.05, 3.63) is 66.9 Å². The molecule has 0 amide bonds. The van der Waals surface area contributed by atoms with E-state index in [9.17, 15) is 0 Å². The van der Waals surface area contributed by atoms with Crippen LogP contribution in [0.5, 0.6) is 11.6 Å². The van der Waals surface area contributed by atoms with Gasteiger partial charge in [0.2, 0.25) is 5.88 Å². The van der Waals surface area contributed by atoms with E-state index in [1.165, 1.54) is 5.56 Å². The minimum atomic E-state index is 0.530. The van der Waals surface area contributed by atoms with Crippen molar-refractivity contribution in [1.29, 1.82) is 0 Å². The molecule has 1 heterocycles. The van der Waals surface area contributed by atoms with Crippen LogP contribution in [-0.2, 0) is 6.54 Å². The van der Waals surface area contributed by atoms with Crippen LogP contribution in [0.4, 0.5) is 0 Å². The van der Waals surface area contributed by atoms with Crippen molar-refractivity contribution in [3.63, 3.8) is 0 Å². The van der Waals surface area contributed by atoms with Gasteiger partial charge in [0, 0.05) is 25.4 Å². The average molecular weight is 284 g/mol. The van der Waals surface area contributed by atoms with Crippen LogP contribution in [0.1, 0.15) is 5.56 Å². The summed E-state index contributed by atoms with van der Waals surface area (Å²) in [5, 5.41) is 3.32. The number of aromatic nitrogens is 1. The zero-order valence-electron chi connectivity index (χ0n) is 12.0. The lowest BCUT2D eigenvalue weighted by molar-refractivity contribution is 0.302. The first-order chi connectivity index (χ1) is 10.4. The summed E-state index contributed by atoms with van der Waals surface area (Å²) < 4.78 is 10.9. The summed E-state index contributed by atoms with van der Waals surface area (Å²) in [6.07, 6.45) is 3.45. The molecule has 1 aromatic heterocycles. The Balaban J connectivity index is 1.63. The number of ether oxygens (including phenoxy) is 2. The summed E-state index contributed by atoms with van der Waals surface area (Å²) in [6, 6.07) is 13.6. The quantitative estimate of drug-likeness (QED) is 0.568. The van der Waals surface area contributed by atoms with E-state index in [4.69, 9.17) is 9.47 Å². The first kappa shape index (κ1) is 15.1. The second-order valence-electron chi connectivity index (χ2n) is 4.44. The number of benzene rings is 1. The number of nitrogens with zero attached hydrogens (tertiary/aromatic N) is 1. The molecule has 0 aliphatic heterocycles. The van der Waals surface area contributed by atoms with Crippen LogP contribution in [0.2, 0.25) is 0 Å². The lowest BCUT2D eigenvalue weighted by Gasteiger charge is -2.08. The SMILES string of the molecule is C=CCOc1ccc(CNCCOc2ccccn2)cc1. The zero-order valence-corrected chi connectivity index (χ0v) is 12.0. The number of rotatable bonds is 9. The van der Waals surface area contributed by atoms with Crippen LogP contribution in [0.3, 0.4) is 0 Å². The highest BCUT2D eigenvalue weighted by Gasteiger charge is 1.96. The van der Waals surface area contributed by atoms with Crippen LogP contribution >= 0.6 is 0 Å². The summed E-state index contributed by atoms with van der Waals surface area (Å²) in [7, 11) is 0. The second-order valence-corrected chi connectivity index (χ2v) is 4.44. The largest absolute Gasteiger partial charge is 0.490 e. The van der Waals surface area contributed by atoms with Gasteiger partial charge in [0.05, 0.1) is 0 Å². The van der Waals surface area contributed by atoms with Gasteiger partial charge in [0.25, 0.3) is 0 Å². The minimum Gasteiger partial charge on any atom is -0.490 e. The standard InChI is InChI=1S/C17H20N2O2/c1-2-12-20-16-8-6-15(7-9-16)14-18-11-13-21-17-5-3-4-10-19-17/h2-10,18H,1,11-14H2. The Bertz CT molecular complexity index is 526. The maximum Gasteiger partial charge on any atom is 0.213 e. The van der Waals surface area contributed by atoms with E-state index in [2.05, 4.69) is 16.9 Å². The fourth-order valence-electron chi connectivity index (χ4n) is 1.75. The highest BCUT2D eigenvalue weighted by atomic mass is 16.5. The maximum atomic E-state index is 5.50. The van der Waals surface area contributed by atoms with Gasteiger partial charge in [-0.15, -0.1) is 0 Å². The van der Waals surface area contributed by atoms with Crippen molar-refractivity contribution in [2.24, 2.45) is 0 Å². The van der Waals surface area contributed by atoms with Crippen LogP contribution in [0.15, 0.2) is 61.3 Å². The number of hydrogen-bond acceptors (Lipinski definition) is 4. The Hall–Kier alpha value is -2.33. The molecule has 0 saturated heterocycles. The number of pyridine rings is 1. The third kappa shape index (κ3) is 5.67. The van der Waals surface area contributed by atoms with Crippen molar-refractivity contribution in [1.82, 2.24) is 10.3 Å². The third-order valence-electron chi connectivity index (χ3n) is 2.79. The molecule has 0 saturated carbocycles. The van der Waals surface area contributed by atoms with Gasteiger partial charge in [-0.25, -0.2) is 4.98 Å². The predicted molar refractivity (Wildman–Crippen MR) is 83.6 cm³/mol. The highest BCUT2D eigenvalue weighted by molar-refractivity contribution is 5.27. The summed E-state index contributed by atoms with van der Waals surface area (Å²) in [5.41, 5.74) is 1.21. The molecule has 0 atom stereocenters. The molecule has 2 rings (SSSR count). The van der Waals surface area contributed by atoms with Crippen LogP contribution in [0, 0.1) is 0 Å². The number of nitrogens with one attached hydrogen (secondary N) is 1. The molecule has 2 aromatic rings. The highest BCUT2D eigenvalue weighted by Crippen LogP contribution is 2.11. The molecule has 0 fully saturated rings. The molecule has 0 aliphatic rings. The summed E-state index contributed by atoms with van der Waals surface area (Å²) in [5.74, 6) is 1.51. The average Bonchev–Trinajstić information content (AvgIpc) is 2.55. The van der Waals surface area contributed by atoms with Gasteiger partial charge >= 0.3 is 0 Å². The Labute approximate surface area is 125 Å². The van der Waals surface area contributed by atoms with E-state index in [0.717, 1.165) is 18.8 Å². The van der Waals surface area contributed by atoms with E-state index in [1.54, 1.807) is 12.3 Å². The molecule has 1 N–H and O–H groups in total.